The lowest BCUT2D eigenvalue weighted by atomic mass is 9.99. The van der Waals surface area contributed by atoms with Gasteiger partial charge in [-0.2, -0.15) is 0 Å². The molecule has 0 saturated carbocycles. The normalized spacial score (nSPS) is 10.5. The van der Waals surface area contributed by atoms with Crippen molar-refractivity contribution in [2.45, 2.75) is 27.2 Å². The Morgan fingerprint density at radius 2 is 2.11 bits per heavy atom. The second-order valence-corrected chi connectivity index (χ2v) is 5.14. The van der Waals surface area contributed by atoms with E-state index >= 15 is 0 Å². The van der Waals surface area contributed by atoms with Gasteiger partial charge in [-0.05, 0) is 49.0 Å². The molecule has 0 saturated heterocycles. The third-order valence-electron chi connectivity index (χ3n) is 2.99. The van der Waals surface area contributed by atoms with Crippen molar-refractivity contribution in [3.05, 3.63) is 39.4 Å². The molecule has 0 aliphatic heterocycles. The number of hydrogen-bond acceptors (Lipinski definition) is 5. The maximum absolute atomic E-state index is 12.6. The summed E-state index contributed by atoms with van der Waals surface area (Å²) in [5, 5.41) is 3.99. The van der Waals surface area contributed by atoms with E-state index in [0.717, 1.165) is 28.4 Å². The van der Waals surface area contributed by atoms with Crippen LogP contribution in [-0.4, -0.2) is 22.5 Å². The molecule has 0 aliphatic rings. The Bertz CT molecular complexity index is 620. The van der Waals surface area contributed by atoms with Crippen LogP contribution in [0.1, 0.15) is 39.0 Å². The fraction of sp³-hybridized carbons (Fsp3) is 0.357. The molecule has 0 atom stereocenters. The molecule has 5 heteroatoms. The number of methoxy groups -OCH3 is 1. The summed E-state index contributed by atoms with van der Waals surface area (Å²) in [5.41, 5.74) is 3.34. The lowest BCUT2D eigenvalue weighted by Gasteiger charge is -2.11. The van der Waals surface area contributed by atoms with E-state index < -0.39 is 0 Å². The molecular formula is C14H16N2O2S. The highest BCUT2D eigenvalue weighted by atomic mass is 32.1. The maximum Gasteiger partial charge on any atom is 0.210 e. The van der Waals surface area contributed by atoms with Crippen LogP contribution in [0.3, 0.4) is 0 Å². The fourth-order valence-electron chi connectivity index (χ4n) is 2.11. The van der Waals surface area contributed by atoms with Crippen molar-refractivity contribution in [1.29, 1.82) is 0 Å². The van der Waals surface area contributed by atoms with Gasteiger partial charge in [-0.15, -0.1) is 5.10 Å². The molecule has 0 spiro atoms. The molecule has 100 valence electrons. The number of benzene rings is 1. The van der Waals surface area contributed by atoms with Crippen molar-refractivity contribution >= 4 is 17.3 Å². The fourth-order valence-corrected chi connectivity index (χ4v) is 2.80. The molecule has 0 N–H and O–H groups in total. The summed E-state index contributed by atoms with van der Waals surface area (Å²) in [5.74, 6) is 0.555. The van der Waals surface area contributed by atoms with Crippen LogP contribution >= 0.6 is 11.5 Å². The predicted octanol–water partition coefficient (Wildman–Crippen LogP) is 2.96. The third kappa shape index (κ3) is 2.51. The van der Waals surface area contributed by atoms with Crippen LogP contribution in [0, 0.1) is 13.8 Å². The monoisotopic (exact) mass is 276 g/mol. The molecule has 0 aliphatic carbocycles. The second-order valence-electron chi connectivity index (χ2n) is 4.39. The van der Waals surface area contributed by atoms with Gasteiger partial charge in [-0.3, -0.25) is 4.79 Å². The van der Waals surface area contributed by atoms with Gasteiger partial charge in [0.05, 0.1) is 18.4 Å². The molecule has 2 rings (SSSR count). The first-order valence-electron chi connectivity index (χ1n) is 6.09. The quantitative estimate of drug-likeness (QED) is 0.806. The molecule has 2 aromatic rings. The lowest BCUT2D eigenvalue weighted by molar-refractivity contribution is 0.103. The molecule has 1 aromatic heterocycles. The van der Waals surface area contributed by atoms with Crippen LogP contribution in [-0.2, 0) is 6.42 Å². The molecule has 19 heavy (non-hydrogen) atoms. The maximum atomic E-state index is 12.6. The largest absolute Gasteiger partial charge is 0.496 e. The van der Waals surface area contributed by atoms with Crippen molar-refractivity contribution in [2.24, 2.45) is 0 Å². The van der Waals surface area contributed by atoms with Crippen molar-refractivity contribution in [1.82, 2.24) is 9.59 Å². The van der Waals surface area contributed by atoms with E-state index in [9.17, 15) is 4.79 Å². The zero-order chi connectivity index (χ0) is 14.0. The number of nitrogens with zero attached hydrogens (tertiary/aromatic N) is 2. The first kappa shape index (κ1) is 13.7. The summed E-state index contributed by atoms with van der Waals surface area (Å²) in [7, 11) is 1.58. The average molecular weight is 276 g/mol. The van der Waals surface area contributed by atoms with Crippen LogP contribution in [0.25, 0.3) is 0 Å². The van der Waals surface area contributed by atoms with Gasteiger partial charge in [0.15, 0.2) is 0 Å². The minimum absolute atomic E-state index is 0.0544. The first-order chi connectivity index (χ1) is 9.08. The predicted molar refractivity (Wildman–Crippen MR) is 75.2 cm³/mol. The van der Waals surface area contributed by atoms with Gasteiger partial charge >= 0.3 is 0 Å². The van der Waals surface area contributed by atoms with E-state index in [1.54, 1.807) is 7.11 Å². The smallest absolute Gasteiger partial charge is 0.210 e. The average Bonchev–Trinajstić information content (AvgIpc) is 2.85. The number of carbonyl (C=O) groups is 1. The summed E-state index contributed by atoms with van der Waals surface area (Å²) in [4.78, 5) is 13.3. The molecule has 0 unspecified atom stereocenters. The summed E-state index contributed by atoms with van der Waals surface area (Å²) in [6, 6.07) is 3.86. The van der Waals surface area contributed by atoms with E-state index in [1.807, 2.05) is 32.9 Å². The van der Waals surface area contributed by atoms with Gasteiger partial charge < -0.3 is 4.74 Å². The standard InChI is InChI=1S/C14H16N2O2S/c1-5-10-14(19-16-15-10)13(17)12-9(3)6-8(2)7-11(12)18-4/h6-7H,5H2,1-4H3. The molecule has 0 amide bonds. The molecule has 0 fully saturated rings. The lowest BCUT2D eigenvalue weighted by Crippen LogP contribution is -2.07. The number of hydrogen-bond donors (Lipinski definition) is 0. The van der Waals surface area contributed by atoms with E-state index in [-0.39, 0.29) is 5.78 Å². The van der Waals surface area contributed by atoms with Crippen LogP contribution < -0.4 is 4.74 Å². The number of aryl methyl sites for hydroxylation is 3. The van der Waals surface area contributed by atoms with Crippen molar-refractivity contribution in [3.63, 3.8) is 0 Å². The highest BCUT2D eigenvalue weighted by molar-refractivity contribution is 7.08. The highest BCUT2D eigenvalue weighted by Gasteiger charge is 2.22. The molecule has 0 radical (unpaired) electrons. The van der Waals surface area contributed by atoms with Crippen molar-refractivity contribution in [3.8, 4) is 5.75 Å². The van der Waals surface area contributed by atoms with Crippen molar-refractivity contribution in [2.75, 3.05) is 7.11 Å². The van der Waals surface area contributed by atoms with Crippen LogP contribution in [0.15, 0.2) is 12.1 Å². The topological polar surface area (TPSA) is 52.1 Å². The van der Waals surface area contributed by atoms with Crippen LogP contribution in [0.4, 0.5) is 0 Å². The molecule has 1 aromatic carbocycles. The number of aromatic nitrogens is 2. The second kappa shape index (κ2) is 5.48. The summed E-state index contributed by atoms with van der Waals surface area (Å²) in [6.07, 6.45) is 0.699. The van der Waals surface area contributed by atoms with Crippen molar-refractivity contribution < 1.29 is 9.53 Å². The Morgan fingerprint density at radius 3 is 2.74 bits per heavy atom. The van der Waals surface area contributed by atoms with Gasteiger partial charge in [-0.1, -0.05) is 17.5 Å². The number of ether oxygens (including phenoxy) is 1. The van der Waals surface area contributed by atoms with Gasteiger partial charge in [-0.25, -0.2) is 0 Å². The Morgan fingerprint density at radius 1 is 1.37 bits per heavy atom. The zero-order valence-electron chi connectivity index (χ0n) is 11.5. The number of carbonyl (C=O) groups excluding carboxylic acids is 1. The van der Waals surface area contributed by atoms with E-state index in [4.69, 9.17) is 4.74 Å². The van der Waals surface area contributed by atoms with Gasteiger partial charge in [0.1, 0.15) is 10.6 Å². The zero-order valence-corrected chi connectivity index (χ0v) is 12.3. The minimum Gasteiger partial charge on any atom is -0.496 e. The summed E-state index contributed by atoms with van der Waals surface area (Å²) < 4.78 is 9.21. The van der Waals surface area contributed by atoms with E-state index in [0.29, 0.717) is 22.6 Å². The molecular weight excluding hydrogens is 260 g/mol. The third-order valence-corrected chi connectivity index (χ3v) is 3.75. The SMILES string of the molecule is CCc1nnsc1C(=O)c1c(C)cc(C)cc1OC. The molecule has 0 bridgehead atoms. The van der Waals surface area contributed by atoms with Gasteiger partial charge in [0.2, 0.25) is 5.78 Å². The Balaban J connectivity index is 2.56. The molecule has 1 heterocycles. The first-order valence-corrected chi connectivity index (χ1v) is 6.87. The highest BCUT2D eigenvalue weighted by Crippen LogP contribution is 2.28. The minimum atomic E-state index is -0.0544. The Kier molecular flexibility index (Phi) is 3.95. The van der Waals surface area contributed by atoms with Gasteiger partial charge in [0, 0.05) is 0 Å². The van der Waals surface area contributed by atoms with E-state index in [1.165, 1.54) is 0 Å². The summed E-state index contributed by atoms with van der Waals surface area (Å²) >= 11 is 1.14. The van der Waals surface area contributed by atoms with Crippen LogP contribution in [0.5, 0.6) is 5.75 Å². The Hall–Kier alpha value is -1.75. The van der Waals surface area contributed by atoms with E-state index in [2.05, 4.69) is 9.59 Å². The Labute approximate surface area is 116 Å². The summed E-state index contributed by atoms with van der Waals surface area (Å²) in [6.45, 7) is 5.87. The van der Waals surface area contributed by atoms with Gasteiger partial charge in [0.25, 0.3) is 0 Å². The number of rotatable bonds is 4. The molecule has 4 nitrogen and oxygen atoms in total. The van der Waals surface area contributed by atoms with Crippen LogP contribution in [0.2, 0.25) is 0 Å². The number of ketones is 1.